The average Bonchev–Trinajstić information content (AvgIpc) is 2.67. The van der Waals surface area contributed by atoms with E-state index in [9.17, 15) is 13.2 Å². The van der Waals surface area contributed by atoms with E-state index in [0.717, 1.165) is 18.9 Å². The summed E-state index contributed by atoms with van der Waals surface area (Å²) in [5.74, 6) is 0.933. The molecule has 0 saturated carbocycles. The Morgan fingerprint density at radius 3 is 2.19 bits per heavy atom. The quantitative estimate of drug-likeness (QED) is 0.652. The molecule has 2 aromatic carbocycles. The van der Waals surface area contributed by atoms with Crippen LogP contribution in [0.15, 0.2) is 42.5 Å². The van der Waals surface area contributed by atoms with E-state index in [1.807, 2.05) is 4.90 Å². The van der Waals surface area contributed by atoms with Gasteiger partial charge in [-0.15, -0.1) is 0 Å². The lowest BCUT2D eigenvalue weighted by Crippen LogP contribution is -2.33. The van der Waals surface area contributed by atoms with Gasteiger partial charge in [-0.3, -0.25) is 0 Å². The third kappa shape index (κ3) is 4.27. The van der Waals surface area contributed by atoms with E-state index in [-0.39, 0.29) is 5.56 Å². The number of benzene rings is 2. The molecule has 0 atom stereocenters. The van der Waals surface area contributed by atoms with Gasteiger partial charge in [-0.1, -0.05) is 38.1 Å². The normalized spacial score (nSPS) is 15.8. The van der Waals surface area contributed by atoms with Gasteiger partial charge in [0.25, 0.3) is 0 Å². The Balaban J connectivity index is 1.71. The summed E-state index contributed by atoms with van der Waals surface area (Å²) in [5.41, 5.74) is 1.97. The highest BCUT2D eigenvalue weighted by Crippen LogP contribution is 2.36. The van der Waals surface area contributed by atoms with Crippen molar-refractivity contribution in [2.75, 3.05) is 18.0 Å². The Labute approximate surface area is 158 Å². The van der Waals surface area contributed by atoms with Crippen molar-refractivity contribution >= 4 is 5.69 Å². The van der Waals surface area contributed by atoms with Gasteiger partial charge < -0.3 is 4.90 Å². The molecule has 5 heteroatoms. The summed E-state index contributed by atoms with van der Waals surface area (Å²) in [5, 5.41) is 8.93. The lowest BCUT2D eigenvalue weighted by molar-refractivity contribution is -0.137. The molecule has 1 fully saturated rings. The van der Waals surface area contributed by atoms with Crippen molar-refractivity contribution in [3.63, 3.8) is 0 Å². The number of alkyl halides is 3. The first kappa shape index (κ1) is 19.3. The standard InChI is InChI=1S/C22H23F3N2/c1-15(2)16-3-5-17(6-4-16)18-9-11-27(12-10-18)20-8-7-19(14-26)21(13-20)22(23,24)25/h3-8,13,15,18H,9-12H2,1-2H3. The molecule has 0 N–H and O–H groups in total. The Morgan fingerprint density at radius 2 is 1.67 bits per heavy atom. The van der Waals surface area contributed by atoms with Crippen molar-refractivity contribution in [1.82, 2.24) is 0 Å². The number of rotatable bonds is 3. The van der Waals surface area contributed by atoms with E-state index in [0.29, 0.717) is 30.6 Å². The largest absolute Gasteiger partial charge is 0.417 e. The fraction of sp³-hybridized carbons (Fsp3) is 0.409. The highest BCUT2D eigenvalue weighted by atomic mass is 19.4. The number of hydrogen-bond acceptors (Lipinski definition) is 2. The van der Waals surface area contributed by atoms with Gasteiger partial charge in [-0.2, -0.15) is 18.4 Å². The molecule has 2 nitrogen and oxygen atoms in total. The van der Waals surface area contributed by atoms with E-state index in [1.54, 1.807) is 12.1 Å². The fourth-order valence-corrected chi connectivity index (χ4v) is 3.69. The van der Waals surface area contributed by atoms with E-state index < -0.39 is 11.7 Å². The van der Waals surface area contributed by atoms with Gasteiger partial charge in [-0.25, -0.2) is 0 Å². The monoisotopic (exact) mass is 372 g/mol. The molecule has 0 aliphatic carbocycles. The van der Waals surface area contributed by atoms with E-state index >= 15 is 0 Å². The number of nitrogens with zero attached hydrogens (tertiary/aromatic N) is 2. The molecule has 0 aromatic heterocycles. The van der Waals surface area contributed by atoms with Crippen LogP contribution < -0.4 is 4.90 Å². The lowest BCUT2D eigenvalue weighted by Gasteiger charge is -2.34. The summed E-state index contributed by atoms with van der Waals surface area (Å²) in [7, 11) is 0. The molecule has 0 radical (unpaired) electrons. The minimum atomic E-state index is -4.52. The van der Waals surface area contributed by atoms with Crippen molar-refractivity contribution in [2.24, 2.45) is 0 Å². The first-order chi connectivity index (χ1) is 12.8. The van der Waals surface area contributed by atoms with Crippen molar-refractivity contribution in [1.29, 1.82) is 5.26 Å². The average molecular weight is 372 g/mol. The van der Waals surface area contributed by atoms with Crippen LogP contribution in [0.25, 0.3) is 0 Å². The number of nitriles is 1. The molecule has 0 unspecified atom stereocenters. The minimum Gasteiger partial charge on any atom is -0.371 e. The summed E-state index contributed by atoms with van der Waals surface area (Å²) in [4.78, 5) is 1.98. The highest BCUT2D eigenvalue weighted by molar-refractivity contribution is 5.55. The summed E-state index contributed by atoms with van der Waals surface area (Å²) in [6.45, 7) is 5.75. The van der Waals surface area contributed by atoms with Gasteiger partial charge in [0, 0.05) is 18.8 Å². The molecule has 27 heavy (non-hydrogen) atoms. The lowest BCUT2D eigenvalue weighted by atomic mass is 9.88. The van der Waals surface area contributed by atoms with E-state index in [1.165, 1.54) is 17.2 Å². The predicted octanol–water partition coefficient (Wildman–Crippen LogP) is 6.08. The third-order valence-corrected chi connectivity index (χ3v) is 5.36. The van der Waals surface area contributed by atoms with Crippen LogP contribution in [0, 0.1) is 11.3 Å². The second kappa shape index (κ2) is 7.64. The van der Waals surface area contributed by atoms with Gasteiger partial charge in [0.2, 0.25) is 0 Å². The number of anilines is 1. The molecule has 1 saturated heterocycles. The van der Waals surface area contributed by atoms with Gasteiger partial charge >= 0.3 is 6.18 Å². The maximum Gasteiger partial charge on any atom is 0.417 e. The summed E-state index contributed by atoms with van der Waals surface area (Å²) in [6.07, 6.45) is -2.71. The molecule has 1 aliphatic rings. The van der Waals surface area contributed by atoms with Crippen LogP contribution in [0.4, 0.5) is 18.9 Å². The van der Waals surface area contributed by atoms with Gasteiger partial charge in [0.15, 0.2) is 0 Å². The first-order valence-electron chi connectivity index (χ1n) is 9.25. The highest BCUT2D eigenvalue weighted by Gasteiger charge is 2.34. The summed E-state index contributed by atoms with van der Waals surface area (Å²) >= 11 is 0. The topological polar surface area (TPSA) is 27.0 Å². The SMILES string of the molecule is CC(C)c1ccc(C2CCN(c3ccc(C#N)c(C(F)(F)F)c3)CC2)cc1. The Morgan fingerprint density at radius 1 is 1.04 bits per heavy atom. The number of halogens is 3. The van der Waals surface area contributed by atoms with Crippen LogP contribution in [-0.2, 0) is 6.18 Å². The predicted molar refractivity (Wildman–Crippen MR) is 101 cm³/mol. The van der Waals surface area contributed by atoms with Gasteiger partial charge in [-0.05, 0) is 54.0 Å². The van der Waals surface area contributed by atoms with Crippen LogP contribution in [0.2, 0.25) is 0 Å². The second-order valence-electron chi connectivity index (χ2n) is 7.42. The minimum absolute atomic E-state index is 0.327. The van der Waals surface area contributed by atoms with Crippen molar-refractivity contribution in [2.45, 2.75) is 44.7 Å². The molecule has 0 bridgehead atoms. The zero-order chi connectivity index (χ0) is 19.6. The maximum absolute atomic E-state index is 13.2. The van der Waals surface area contributed by atoms with Gasteiger partial charge in [0.1, 0.15) is 0 Å². The second-order valence-corrected chi connectivity index (χ2v) is 7.42. The molecule has 1 heterocycles. The fourth-order valence-electron chi connectivity index (χ4n) is 3.69. The molecule has 0 amide bonds. The van der Waals surface area contributed by atoms with E-state index in [2.05, 4.69) is 38.1 Å². The van der Waals surface area contributed by atoms with Crippen molar-refractivity contribution in [3.8, 4) is 6.07 Å². The zero-order valence-electron chi connectivity index (χ0n) is 15.6. The van der Waals surface area contributed by atoms with Crippen LogP contribution in [0.1, 0.15) is 60.8 Å². The van der Waals surface area contributed by atoms with Crippen LogP contribution in [0.3, 0.4) is 0 Å². The first-order valence-corrected chi connectivity index (χ1v) is 9.25. The third-order valence-electron chi connectivity index (χ3n) is 5.36. The molecular weight excluding hydrogens is 349 g/mol. The zero-order valence-corrected chi connectivity index (χ0v) is 15.6. The maximum atomic E-state index is 13.2. The molecule has 2 aromatic rings. The molecule has 0 spiro atoms. The van der Waals surface area contributed by atoms with E-state index in [4.69, 9.17) is 5.26 Å². The van der Waals surface area contributed by atoms with Crippen LogP contribution in [-0.4, -0.2) is 13.1 Å². The molecular formula is C22H23F3N2. The van der Waals surface area contributed by atoms with Crippen molar-refractivity contribution in [3.05, 3.63) is 64.7 Å². The van der Waals surface area contributed by atoms with Crippen LogP contribution >= 0.6 is 0 Å². The van der Waals surface area contributed by atoms with Crippen LogP contribution in [0.5, 0.6) is 0 Å². The summed E-state index contributed by atoms with van der Waals surface area (Å²) < 4.78 is 39.6. The smallest absolute Gasteiger partial charge is 0.371 e. The Bertz CT molecular complexity index is 824. The number of piperidine rings is 1. The van der Waals surface area contributed by atoms with Crippen molar-refractivity contribution < 1.29 is 13.2 Å². The number of hydrogen-bond donors (Lipinski definition) is 0. The summed E-state index contributed by atoms with van der Waals surface area (Å²) in [6, 6.07) is 14.3. The molecule has 3 rings (SSSR count). The Hall–Kier alpha value is -2.48. The molecule has 142 valence electrons. The Kier molecular flexibility index (Phi) is 5.46. The van der Waals surface area contributed by atoms with Gasteiger partial charge in [0.05, 0.1) is 17.2 Å². The molecule has 1 aliphatic heterocycles.